The lowest BCUT2D eigenvalue weighted by Gasteiger charge is -2.12. The number of hydrogen-bond acceptors (Lipinski definition) is 5. The number of carbonyl (C=O) groups is 2. The van der Waals surface area contributed by atoms with E-state index in [1.54, 1.807) is 12.1 Å². The van der Waals surface area contributed by atoms with Crippen LogP contribution in [0.3, 0.4) is 0 Å². The van der Waals surface area contributed by atoms with Gasteiger partial charge < -0.3 is 10.1 Å². The third-order valence-electron chi connectivity index (χ3n) is 3.80. The summed E-state index contributed by atoms with van der Waals surface area (Å²) in [6.45, 7) is 1.77. The fourth-order valence-electron chi connectivity index (χ4n) is 2.26. The van der Waals surface area contributed by atoms with Crippen molar-refractivity contribution in [2.45, 2.75) is 19.4 Å². The van der Waals surface area contributed by atoms with Crippen molar-refractivity contribution in [3.63, 3.8) is 0 Å². The molecule has 1 N–H and O–H groups in total. The van der Waals surface area contributed by atoms with Crippen molar-refractivity contribution in [2.75, 3.05) is 6.54 Å². The lowest BCUT2D eigenvalue weighted by molar-refractivity contribution is -0.384. The fourth-order valence-corrected chi connectivity index (χ4v) is 2.26. The number of nitro benzene ring substituents is 1. The first-order valence-electron chi connectivity index (χ1n) is 8.50. The van der Waals surface area contributed by atoms with E-state index in [2.05, 4.69) is 5.32 Å². The normalized spacial score (nSPS) is 11.8. The molecule has 0 aliphatic carbocycles. The van der Waals surface area contributed by atoms with Crippen LogP contribution in [0.25, 0.3) is 6.08 Å². The molecule has 0 unspecified atom stereocenters. The van der Waals surface area contributed by atoms with Gasteiger partial charge in [0.2, 0.25) is 0 Å². The Hall–Kier alpha value is -3.55. The molecule has 28 heavy (non-hydrogen) atoms. The topological polar surface area (TPSA) is 98.5 Å². The van der Waals surface area contributed by atoms with Gasteiger partial charge in [0.1, 0.15) is 5.82 Å². The van der Waals surface area contributed by atoms with Crippen molar-refractivity contribution in [3.8, 4) is 0 Å². The van der Waals surface area contributed by atoms with Gasteiger partial charge in [-0.2, -0.15) is 0 Å². The largest absolute Gasteiger partial charge is 0.449 e. The number of esters is 1. The standard InChI is InChI=1S/C20H19FN2O5/c1-14(20(25)22-13-12-16-2-7-17(21)8-3-16)28-19(24)11-6-15-4-9-18(10-5-15)23(26)27/h2-11,14H,12-13H2,1H3,(H,22,25)/b11-6+/t14-/m1/s1. The van der Waals surface area contributed by atoms with Crippen molar-refractivity contribution in [3.05, 3.63) is 81.7 Å². The predicted molar refractivity (Wildman–Crippen MR) is 101 cm³/mol. The molecule has 0 fully saturated rings. The zero-order chi connectivity index (χ0) is 20.5. The monoisotopic (exact) mass is 386 g/mol. The molecular weight excluding hydrogens is 367 g/mol. The van der Waals surface area contributed by atoms with Gasteiger partial charge in [-0.25, -0.2) is 9.18 Å². The molecule has 8 heteroatoms. The molecule has 0 saturated carbocycles. The van der Waals surface area contributed by atoms with E-state index in [4.69, 9.17) is 4.74 Å². The van der Waals surface area contributed by atoms with Crippen molar-refractivity contribution in [1.29, 1.82) is 0 Å². The van der Waals surface area contributed by atoms with Gasteiger partial charge in [-0.15, -0.1) is 0 Å². The lowest BCUT2D eigenvalue weighted by Crippen LogP contribution is -2.36. The number of hydrogen-bond donors (Lipinski definition) is 1. The molecule has 2 aromatic rings. The maximum absolute atomic E-state index is 12.8. The molecule has 0 bridgehead atoms. The second-order valence-corrected chi connectivity index (χ2v) is 5.93. The summed E-state index contributed by atoms with van der Waals surface area (Å²) in [5.41, 5.74) is 1.40. The third kappa shape index (κ3) is 6.64. The van der Waals surface area contributed by atoms with Crippen LogP contribution >= 0.6 is 0 Å². The van der Waals surface area contributed by atoms with Crippen LogP contribution < -0.4 is 5.32 Å². The van der Waals surface area contributed by atoms with Crippen molar-refractivity contribution < 1.29 is 23.6 Å². The highest BCUT2D eigenvalue weighted by atomic mass is 19.1. The van der Waals surface area contributed by atoms with E-state index >= 15 is 0 Å². The molecule has 146 valence electrons. The molecule has 7 nitrogen and oxygen atoms in total. The first-order valence-corrected chi connectivity index (χ1v) is 8.50. The highest BCUT2D eigenvalue weighted by molar-refractivity contribution is 5.90. The van der Waals surface area contributed by atoms with Gasteiger partial charge in [0.15, 0.2) is 6.10 Å². The minimum Gasteiger partial charge on any atom is -0.449 e. The van der Waals surface area contributed by atoms with Crippen LogP contribution in [0, 0.1) is 15.9 Å². The third-order valence-corrected chi connectivity index (χ3v) is 3.80. The maximum atomic E-state index is 12.8. The van der Waals surface area contributed by atoms with Crippen LogP contribution in [0.2, 0.25) is 0 Å². The fraction of sp³-hybridized carbons (Fsp3) is 0.200. The van der Waals surface area contributed by atoms with E-state index in [-0.39, 0.29) is 11.5 Å². The van der Waals surface area contributed by atoms with Gasteiger partial charge in [0.05, 0.1) is 4.92 Å². The summed E-state index contributed by atoms with van der Waals surface area (Å²) in [6, 6.07) is 11.6. The van der Waals surface area contributed by atoms with E-state index in [1.807, 2.05) is 0 Å². The summed E-state index contributed by atoms with van der Waals surface area (Å²) in [7, 11) is 0. The molecule has 0 heterocycles. The summed E-state index contributed by atoms with van der Waals surface area (Å²) in [4.78, 5) is 33.8. The van der Waals surface area contributed by atoms with E-state index < -0.39 is 22.9 Å². The minimum absolute atomic E-state index is 0.0503. The highest BCUT2D eigenvalue weighted by Gasteiger charge is 2.15. The van der Waals surface area contributed by atoms with Crippen molar-refractivity contribution in [1.82, 2.24) is 5.32 Å². The van der Waals surface area contributed by atoms with Gasteiger partial charge in [-0.3, -0.25) is 14.9 Å². The summed E-state index contributed by atoms with van der Waals surface area (Å²) >= 11 is 0. The molecule has 0 radical (unpaired) electrons. The van der Waals surface area contributed by atoms with E-state index in [9.17, 15) is 24.1 Å². The number of amides is 1. The molecule has 0 aliphatic rings. The summed E-state index contributed by atoms with van der Waals surface area (Å²) < 4.78 is 17.9. The van der Waals surface area contributed by atoms with Crippen molar-refractivity contribution in [2.24, 2.45) is 0 Å². The van der Waals surface area contributed by atoms with Crippen LogP contribution in [0.4, 0.5) is 10.1 Å². The highest BCUT2D eigenvalue weighted by Crippen LogP contribution is 2.13. The van der Waals surface area contributed by atoms with Crippen LogP contribution in [-0.4, -0.2) is 29.4 Å². The van der Waals surface area contributed by atoms with Crippen LogP contribution in [-0.2, 0) is 20.7 Å². The van der Waals surface area contributed by atoms with Crippen LogP contribution in [0.5, 0.6) is 0 Å². The quantitative estimate of drug-likeness (QED) is 0.325. The van der Waals surface area contributed by atoms with E-state index in [1.165, 1.54) is 49.4 Å². The Morgan fingerprint density at radius 1 is 1.18 bits per heavy atom. The number of nitrogens with one attached hydrogen (secondary N) is 1. The van der Waals surface area contributed by atoms with Gasteiger partial charge in [0, 0.05) is 24.8 Å². The van der Waals surface area contributed by atoms with E-state index in [0.29, 0.717) is 18.5 Å². The Balaban J connectivity index is 1.76. The van der Waals surface area contributed by atoms with Gasteiger partial charge in [-0.05, 0) is 54.8 Å². The van der Waals surface area contributed by atoms with Crippen LogP contribution in [0.1, 0.15) is 18.1 Å². The average molecular weight is 386 g/mol. The number of rotatable bonds is 8. The molecule has 0 saturated heterocycles. The Kier molecular flexibility index (Phi) is 7.38. The number of ether oxygens (including phenoxy) is 1. The first kappa shape index (κ1) is 20.8. The molecule has 2 aromatic carbocycles. The number of halogens is 1. The Morgan fingerprint density at radius 3 is 2.43 bits per heavy atom. The summed E-state index contributed by atoms with van der Waals surface area (Å²) in [6.07, 6.45) is 2.11. The predicted octanol–water partition coefficient (Wildman–Crippen LogP) is 3.04. The van der Waals surface area contributed by atoms with Gasteiger partial charge >= 0.3 is 5.97 Å². The number of nitro groups is 1. The molecule has 0 aromatic heterocycles. The molecular formula is C20H19FN2O5. The summed E-state index contributed by atoms with van der Waals surface area (Å²) in [5.74, 6) is -1.48. The number of nitrogens with zero attached hydrogens (tertiary/aromatic N) is 1. The first-order chi connectivity index (χ1) is 13.3. The van der Waals surface area contributed by atoms with Crippen molar-refractivity contribution >= 4 is 23.6 Å². The average Bonchev–Trinajstić information content (AvgIpc) is 2.68. The van der Waals surface area contributed by atoms with Crippen LogP contribution in [0.15, 0.2) is 54.6 Å². The Morgan fingerprint density at radius 2 is 1.82 bits per heavy atom. The molecule has 2 rings (SSSR count). The van der Waals surface area contributed by atoms with Gasteiger partial charge in [-0.1, -0.05) is 12.1 Å². The molecule has 1 amide bonds. The molecule has 0 spiro atoms. The smallest absolute Gasteiger partial charge is 0.331 e. The van der Waals surface area contributed by atoms with E-state index in [0.717, 1.165) is 11.6 Å². The number of non-ortho nitro benzene ring substituents is 1. The second-order valence-electron chi connectivity index (χ2n) is 5.93. The maximum Gasteiger partial charge on any atom is 0.331 e. The summed E-state index contributed by atoms with van der Waals surface area (Å²) in [5, 5.41) is 13.2. The number of carbonyl (C=O) groups excluding carboxylic acids is 2. The second kappa shape index (κ2) is 9.96. The zero-order valence-electron chi connectivity index (χ0n) is 15.1. The Labute approximate surface area is 161 Å². The minimum atomic E-state index is -0.984. The molecule has 0 aliphatic heterocycles. The Bertz CT molecular complexity index is 863. The number of benzene rings is 2. The molecule has 1 atom stereocenters. The zero-order valence-corrected chi connectivity index (χ0v) is 15.1. The SMILES string of the molecule is C[C@@H](OC(=O)/C=C/c1ccc([N+](=O)[O-])cc1)C(=O)NCCc1ccc(F)cc1. The lowest BCUT2D eigenvalue weighted by atomic mass is 10.1. The van der Waals surface area contributed by atoms with Gasteiger partial charge in [0.25, 0.3) is 11.6 Å².